The molecule has 0 unspecified atom stereocenters. The maximum Gasteiger partial charge on any atom is 0.252 e. The van der Waals surface area contributed by atoms with E-state index in [-0.39, 0.29) is 11.3 Å². The number of benzene rings is 2. The van der Waals surface area contributed by atoms with Crippen molar-refractivity contribution in [2.75, 3.05) is 14.2 Å². The summed E-state index contributed by atoms with van der Waals surface area (Å²) in [6.07, 6.45) is 3.46. The zero-order valence-corrected chi connectivity index (χ0v) is 12.4. The molecule has 0 radical (unpaired) electrons. The Kier molecular flexibility index (Phi) is 4.68. The highest BCUT2D eigenvalue weighted by molar-refractivity contribution is 5.97. The molecule has 2 aromatic rings. The molecule has 0 bridgehead atoms. The number of hydrogen-bond donors (Lipinski definition) is 2. The molecule has 5 nitrogen and oxygen atoms in total. The highest BCUT2D eigenvalue weighted by atomic mass is 16.5. The fourth-order valence-corrected chi connectivity index (χ4v) is 2.03. The second kappa shape index (κ2) is 6.67. The van der Waals surface area contributed by atoms with E-state index in [1.807, 2.05) is 12.1 Å². The van der Waals surface area contributed by atoms with Gasteiger partial charge >= 0.3 is 0 Å². The number of amides is 1. The van der Waals surface area contributed by atoms with Crippen LogP contribution in [0.4, 0.5) is 0 Å². The van der Waals surface area contributed by atoms with Crippen LogP contribution in [0.1, 0.15) is 21.5 Å². The molecule has 5 heteroatoms. The van der Waals surface area contributed by atoms with Gasteiger partial charge in [-0.3, -0.25) is 4.79 Å². The minimum atomic E-state index is -0.672. The normalized spacial score (nSPS) is 10.6. The molecular weight excluding hydrogens is 282 g/mol. The smallest absolute Gasteiger partial charge is 0.252 e. The van der Waals surface area contributed by atoms with Crippen molar-refractivity contribution in [2.45, 2.75) is 0 Å². The van der Waals surface area contributed by atoms with Crippen molar-refractivity contribution in [1.82, 2.24) is 0 Å². The van der Waals surface area contributed by atoms with Gasteiger partial charge in [-0.1, -0.05) is 24.3 Å². The van der Waals surface area contributed by atoms with Crippen molar-refractivity contribution in [2.24, 2.45) is 5.73 Å². The third-order valence-electron chi connectivity index (χ3n) is 3.22. The van der Waals surface area contributed by atoms with E-state index >= 15 is 0 Å². The standard InChI is InChI=1S/C17H17NO4/c1-21-13-9-8-11(15(10-13)22-2)6-7-12-4-3-5-14(16(12)19)17(18)20/h3-10,19H,1-2H3,(H2,18,20)/b7-6+. The first-order valence-electron chi connectivity index (χ1n) is 6.58. The first-order valence-corrected chi connectivity index (χ1v) is 6.58. The number of rotatable bonds is 5. The second-order valence-electron chi connectivity index (χ2n) is 4.55. The summed E-state index contributed by atoms with van der Waals surface area (Å²) in [5, 5.41) is 10.0. The average Bonchev–Trinajstić information content (AvgIpc) is 2.53. The number of carbonyl (C=O) groups is 1. The molecule has 2 aromatic carbocycles. The van der Waals surface area contributed by atoms with E-state index in [0.717, 1.165) is 5.56 Å². The van der Waals surface area contributed by atoms with E-state index in [2.05, 4.69) is 0 Å². The van der Waals surface area contributed by atoms with E-state index in [9.17, 15) is 9.90 Å². The van der Waals surface area contributed by atoms with E-state index in [1.54, 1.807) is 44.6 Å². The van der Waals surface area contributed by atoms with Crippen molar-refractivity contribution in [1.29, 1.82) is 0 Å². The van der Waals surface area contributed by atoms with E-state index in [1.165, 1.54) is 6.07 Å². The van der Waals surface area contributed by atoms with Gasteiger partial charge in [0.05, 0.1) is 19.8 Å². The molecule has 0 fully saturated rings. The van der Waals surface area contributed by atoms with Crippen molar-refractivity contribution < 1.29 is 19.4 Å². The Morgan fingerprint density at radius 2 is 1.82 bits per heavy atom. The van der Waals surface area contributed by atoms with Crippen LogP contribution in [0.15, 0.2) is 36.4 Å². The quantitative estimate of drug-likeness (QED) is 0.832. The predicted molar refractivity (Wildman–Crippen MR) is 85.1 cm³/mol. The Labute approximate surface area is 128 Å². The van der Waals surface area contributed by atoms with Crippen LogP contribution < -0.4 is 15.2 Å². The highest BCUT2D eigenvalue weighted by Crippen LogP contribution is 2.28. The summed E-state index contributed by atoms with van der Waals surface area (Å²) in [5.74, 6) is 0.516. The van der Waals surface area contributed by atoms with Crippen LogP contribution in [0.3, 0.4) is 0 Å². The summed E-state index contributed by atoms with van der Waals surface area (Å²) in [4.78, 5) is 11.2. The lowest BCUT2D eigenvalue weighted by atomic mass is 10.1. The molecule has 0 saturated heterocycles. The van der Waals surface area contributed by atoms with Crippen LogP contribution in [0, 0.1) is 0 Å². The number of methoxy groups -OCH3 is 2. The number of aromatic hydroxyl groups is 1. The lowest BCUT2D eigenvalue weighted by Crippen LogP contribution is -2.11. The van der Waals surface area contributed by atoms with Gasteiger partial charge in [0, 0.05) is 17.2 Å². The molecule has 0 aromatic heterocycles. The second-order valence-corrected chi connectivity index (χ2v) is 4.55. The minimum absolute atomic E-state index is 0.0869. The van der Waals surface area contributed by atoms with Gasteiger partial charge in [0.25, 0.3) is 5.91 Å². The monoisotopic (exact) mass is 299 g/mol. The van der Waals surface area contributed by atoms with Gasteiger partial charge in [-0.15, -0.1) is 0 Å². The summed E-state index contributed by atoms with van der Waals surface area (Å²) in [6, 6.07) is 10.2. The number of nitrogens with two attached hydrogens (primary N) is 1. The van der Waals surface area contributed by atoms with Crippen LogP contribution >= 0.6 is 0 Å². The first-order chi connectivity index (χ1) is 10.6. The molecular formula is C17H17NO4. The number of hydrogen-bond acceptors (Lipinski definition) is 4. The summed E-state index contributed by atoms with van der Waals surface area (Å²) in [5.41, 5.74) is 6.61. The molecule has 1 amide bonds. The molecule has 114 valence electrons. The summed E-state index contributed by atoms with van der Waals surface area (Å²) in [6.45, 7) is 0. The third kappa shape index (κ3) is 3.20. The molecule has 0 aliphatic carbocycles. The molecule has 3 N–H and O–H groups in total. The molecule has 0 heterocycles. The average molecular weight is 299 g/mol. The molecule has 0 aliphatic rings. The SMILES string of the molecule is COc1ccc(/C=C/c2cccc(C(N)=O)c2O)c(OC)c1. The summed E-state index contributed by atoms with van der Waals surface area (Å²) >= 11 is 0. The molecule has 0 aliphatic heterocycles. The van der Waals surface area contributed by atoms with Gasteiger partial charge in [-0.05, 0) is 18.2 Å². The van der Waals surface area contributed by atoms with Crippen molar-refractivity contribution in [3.63, 3.8) is 0 Å². The molecule has 22 heavy (non-hydrogen) atoms. The highest BCUT2D eigenvalue weighted by Gasteiger charge is 2.09. The maximum absolute atomic E-state index is 11.2. The van der Waals surface area contributed by atoms with Gasteiger partial charge in [0.15, 0.2) is 0 Å². The Bertz CT molecular complexity index is 723. The molecule has 0 atom stereocenters. The number of primary amides is 1. The van der Waals surface area contributed by atoms with Crippen molar-refractivity contribution in [3.8, 4) is 17.2 Å². The minimum Gasteiger partial charge on any atom is -0.506 e. The Morgan fingerprint density at radius 1 is 1.09 bits per heavy atom. The van der Waals surface area contributed by atoms with Crippen molar-refractivity contribution >= 4 is 18.1 Å². The van der Waals surface area contributed by atoms with Gasteiger partial charge in [-0.25, -0.2) is 0 Å². The largest absolute Gasteiger partial charge is 0.506 e. The van der Waals surface area contributed by atoms with Gasteiger partial charge in [0.2, 0.25) is 0 Å². The fourth-order valence-electron chi connectivity index (χ4n) is 2.03. The topological polar surface area (TPSA) is 81.8 Å². The molecule has 0 spiro atoms. The van der Waals surface area contributed by atoms with E-state index in [4.69, 9.17) is 15.2 Å². The number of carbonyl (C=O) groups excluding carboxylic acids is 1. The van der Waals surface area contributed by atoms with Crippen molar-refractivity contribution in [3.05, 3.63) is 53.1 Å². The molecule has 2 rings (SSSR count). The van der Waals surface area contributed by atoms with Crippen LogP contribution in [-0.4, -0.2) is 25.2 Å². The molecule has 0 saturated carbocycles. The lowest BCUT2D eigenvalue weighted by Gasteiger charge is -2.08. The van der Waals surface area contributed by atoms with E-state index in [0.29, 0.717) is 17.1 Å². The van der Waals surface area contributed by atoms with Crippen LogP contribution in [0.2, 0.25) is 0 Å². The number of ether oxygens (including phenoxy) is 2. The first kappa shape index (κ1) is 15.4. The maximum atomic E-state index is 11.2. The van der Waals surface area contributed by atoms with Crippen LogP contribution in [0.25, 0.3) is 12.2 Å². The Hall–Kier alpha value is -2.95. The number of phenols is 1. The van der Waals surface area contributed by atoms with Crippen LogP contribution in [-0.2, 0) is 0 Å². The summed E-state index contributed by atoms with van der Waals surface area (Å²) in [7, 11) is 3.15. The zero-order chi connectivity index (χ0) is 16.1. The third-order valence-corrected chi connectivity index (χ3v) is 3.22. The predicted octanol–water partition coefficient (Wildman–Crippen LogP) is 2.68. The lowest BCUT2D eigenvalue weighted by molar-refractivity contribution is 0.0997. The fraction of sp³-hybridized carbons (Fsp3) is 0.118. The Morgan fingerprint density at radius 3 is 2.45 bits per heavy atom. The summed E-state index contributed by atoms with van der Waals surface area (Å²) < 4.78 is 10.4. The van der Waals surface area contributed by atoms with Crippen LogP contribution in [0.5, 0.6) is 17.2 Å². The van der Waals surface area contributed by atoms with E-state index < -0.39 is 5.91 Å². The Balaban J connectivity index is 2.37. The van der Waals surface area contributed by atoms with Gasteiger partial charge in [0.1, 0.15) is 17.2 Å². The van der Waals surface area contributed by atoms with Gasteiger partial charge < -0.3 is 20.3 Å². The van der Waals surface area contributed by atoms with Gasteiger partial charge in [-0.2, -0.15) is 0 Å². The number of para-hydroxylation sites is 1. The zero-order valence-electron chi connectivity index (χ0n) is 12.4.